The second-order valence-electron chi connectivity index (χ2n) is 10.1. The van der Waals surface area contributed by atoms with Crippen molar-refractivity contribution in [3.63, 3.8) is 0 Å². The Balaban J connectivity index is 1.42. The molecule has 8 heteroatoms. The molecule has 1 aliphatic heterocycles. The molecule has 2 heterocycles. The number of amides is 1. The summed E-state index contributed by atoms with van der Waals surface area (Å²) < 4.78 is 11.4. The minimum absolute atomic E-state index is 0.0467. The number of hydrogen-bond acceptors (Lipinski definition) is 6. The van der Waals surface area contributed by atoms with Gasteiger partial charge in [0.15, 0.2) is 5.78 Å². The first-order valence-electron chi connectivity index (χ1n) is 12.1. The van der Waals surface area contributed by atoms with Gasteiger partial charge in [0.2, 0.25) is 5.88 Å². The summed E-state index contributed by atoms with van der Waals surface area (Å²) in [5.74, 6) is 3.22. The molecule has 184 valence electrons. The van der Waals surface area contributed by atoms with Crippen molar-refractivity contribution < 1.29 is 19.1 Å². The van der Waals surface area contributed by atoms with Crippen molar-refractivity contribution >= 4 is 35.2 Å². The van der Waals surface area contributed by atoms with Crippen LogP contribution in [-0.4, -0.2) is 46.1 Å². The lowest BCUT2D eigenvalue weighted by Crippen LogP contribution is -2.40. The molecule has 2 fully saturated rings. The van der Waals surface area contributed by atoms with Gasteiger partial charge < -0.3 is 14.8 Å². The molecule has 1 saturated carbocycles. The van der Waals surface area contributed by atoms with Gasteiger partial charge in [-0.05, 0) is 89.2 Å². The molecule has 0 bridgehead atoms. The average Bonchev–Trinajstić information content (AvgIpc) is 2.75. The van der Waals surface area contributed by atoms with Gasteiger partial charge in [0.1, 0.15) is 11.7 Å². The summed E-state index contributed by atoms with van der Waals surface area (Å²) in [6.07, 6.45) is 9.62. The van der Waals surface area contributed by atoms with Gasteiger partial charge in [-0.2, -0.15) is 11.8 Å². The van der Waals surface area contributed by atoms with E-state index in [9.17, 15) is 9.59 Å². The summed E-state index contributed by atoms with van der Waals surface area (Å²) in [6.45, 7) is 5.61. The highest BCUT2D eigenvalue weighted by molar-refractivity contribution is 7.99. The van der Waals surface area contributed by atoms with Crippen molar-refractivity contribution in [3.05, 3.63) is 22.8 Å². The van der Waals surface area contributed by atoms with Crippen molar-refractivity contribution in [2.45, 2.75) is 96.3 Å². The first-order valence-corrected chi connectivity index (χ1v) is 13.7. The number of ketones is 1. The lowest BCUT2D eigenvalue weighted by atomic mass is 9.83. The summed E-state index contributed by atoms with van der Waals surface area (Å²) in [6, 6.07) is 1.87. The summed E-state index contributed by atoms with van der Waals surface area (Å²) in [5, 5.41) is 3.45. The number of thioether (sulfide) groups is 1. The van der Waals surface area contributed by atoms with E-state index >= 15 is 0 Å². The van der Waals surface area contributed by atoms with Gasteiger partial charge in [-0.1, -0.05) is 18.0 Å². The summed E-state index contributed by atoms with van der Waals surface area (Å²) in [4.78, 5) is 29.2. The van der Waals surface area contributed by atoms with Crippen LogP contribution in [0.15, 0.2) is 12.3 Å². The Bertz CT molecular complexity index is 800. The highest BCUT2D eigenvalue weighted by Gasteiger charge is 2.25. The van der Waals surface area contributed by atoms with Gasteiger partial charge >= 0.3 is 6.09 Å². The molecular formula is C25H37ClN2O4S. The Labute approximate surface area is 206 Å². The first kappa shape index (κ1) is 26.1. The molecule has 33 heavy (non-hydrogen) atoms. The lowest BCUT2D eigenvalue weighted by molar-refractivity contribution is 0.0486. The van der Waals surface area contributed by atoms with E-state index < -0.39 is 5.60 Å². The molecule has 2 aliphatic rings. The maximum absolute atomic E-state index is 12.9. The van der Waals surface area contributed by atoms with Crippen molar-refractivity contribution in [2.24, 2.45) is 5.92 Å². The fraction of sp³-hybridized carbons (Fsp3) is 0.720. The normalized spacial score (nSPS) is 21.9. The maximum atomic E-state index is 12.9. The van der Waals surface area contributed by atoms with Crippen molar-refractivity contribution in [1.82, 2.24) is 10.3 Å². The van der Waals surface area contributed by atoms with Crippen LogP contribution in [0.3, 0.4) is 0 Å². The van der Waals surface area contributed by atoms with Crippen molar-refractivity contribution in [3.8, 4) is 5.88 Å². The van der Waals surface area contributed by atoms with Gasteiger partial charge in [0.05, 0.1) is 10.6 Å². The van der Waals surface area contributed by atoms with E-state index in [1.54, 1.807) is 12.3 Å². The zero-order valence-corrected chi connectivity index (χ0v) is 21.6. The van der Waals surface area contributed by atoms with E-state index in [0.717, 1.165) is 62.9 Å². The van der Waals surface area contributed by atoms with Crippen LogP contribution >= 0.6 is 23.4 Å². The number of aromatic nitrogens is 1. The van der Waals surface area contributed by atoms with Crippen LogP contribution in [0.5, 0.6) is 5.88 Å². The topological polar surface area (TPSA) is 77.5 Å². The summed E-state index contributed by atoms with van der Waals surface area (Å²) in [5.41, 5.74) is 0.0261. The van der Waals surface area contributed by atoms with Crippen LogP contribution in [-0.2, 0) is 4.74 Å². The average molecular weight is 497 g/mol. The Morgan fingerprint density at radius 3 is 2.52 bits per heavy atom. The molecule has 0 spiro atoms. The predicted octanol–water partition coefficient (Wildman–Crippen LogP) is 6.45. The Hall–Kier alpha value is -1.47. The van der Waals surface area contributed by atoms with Gasteiger partial charge in [-0.15, -0.1) is 0 Å². The molecular weight excluding hydrogens is 460 g/mol. The van der Waals surface area contributed by atoms with E-state index in [2.05, 4.69) is 10.3 Å². The number of nitrogens with zero attached hydrogens (tertiary/aromatic N) is 1. The Morgan fingerprint density at radius 2 is 1.85 bits per heavy atom. The number of pyridine rings is 1. The van der Waals surface area contributed by atoms with Crippen molar-refractivity contribution in [1.29, 1.82) is 0 Å². The number of Topliss-reactive ketones (excluding diaryl/α,β-unsaturated/α-hetero) is 1. The number of halogens is 1. The predicted molar refractivity (Wildman–Crippen MR) is 134 cm³/mol. The number of rotatable bonds is 8. The molecule has 3 rings (SSSR count). The SMILES string of the molecule is CC(C)(C)OC(=O)NC1CCC(CCCC(=O)c2cc(Cl)cnc2OC2CCSCC2)CC1. The lowest BCUT2D eigenvalue weighted by Gasteiger charge is -2.30. The fourth-order valence-electron chi connectivity index (χ4n) is 4.43. The number of nitrogens with one attached hydrogen (secondary N) is 1. The van der Waals surface area contributed by atoms with Crippen LogP contribution in [0.4, 0.5) is 4.79 Å². The van der Waals surface area contributed by atoms with Crippen LogP contribution < -0.4 is 10.1 Å². The van der Waals surface area contributed by atoms with Gasteiger partial charge in [-0.3, -0.25) is 4.79 Å². The maximum Gasteiger partial charge on any atom is 0.407 e. The Morgan fingerprint density at radius 1 is 1.15 bits per heavy atom. The van der Waals surface area contributed by atoms with Crippen LogP contribution in [0.2, 0.25) is 5.02 Å². The molecule has 6 nitrogen and oxygen atoms in total. The summed E-state index contributed by atoms with van der Waals surface area (Å²) >= 11 is 8.07. The van der Waals surface area contributed by atoms with E-state index in [4.69, 9.17) is 21.1 Å². The summed E-state index contributed by atoms with van der Waals surface area (Å²) in [7, 11) is 0. The van der Waals surface area contributed by atoms with Crippen LogP contribution in [0, 0.1) is 5.92 Å². The molecule has 0 atom stereocenters. The quantitative estimate of drug-likeness (QED) is 0.417. The largest absolute Gasteiger partial charge is 0.474 e. The highest BCUT2D eigenvalue weighted by atomic mass is 35.5. The number of ether oxygens (including phenoxy) is 2. The fourth-order valence-corrected chi connectivity index (χ4v) is 5.65. The second kappa shape index (κ2) is 12.3. The van der Waals surface area contributed by atoms with E-state index in [0.29, 0.717) is 28.8 Å². The minimum Gasteiger partial charge on any atom is -0.474 e. The third kappa shape index (κ3) is 9.01. The number of carbonyl (C=O) groups is 2. The highest BCUT2D eigenvalue weighted by Crippen LogP contribution is 2.30. The molecule has 1 saturated heterocycles. The van der Waals surface area contributed by atoms with Crippen LogP contribution in [0.1, 0.15) is 88.9 Å². The molecule has 0 radical (unpaired) electrons. The molecule has 1 aromatic heterocycles. The van der Waals surface area contributed by atoms with E-state index in [1.807, 2.05) is 32.5 Å². The molecule has 1 aliphatic carbocycles. The number of alkyl carbamates (subject to hydrolysis) is 1. The number of hydrogen-bond donors (Lipinski definition) is 1. The monoisotopic (exact) mass is 496 g/mol. The molecule has 0 unspecified atom stereocenters. The minimum atomic E-state index is -0.479. The third-order valence-corrected chi connectivity index (χ3v) is 7.40. The number of carbonyl (C=O) groups excluding carboxylic acids is 2. The van der Waals surface area contributed by atoms with Gasteiger partial charge in [0, 0.05) is 18.7 Å². The zero-order chi connectivity index (χ0) is 23.8. The van der Waals surface area contributed by atoms with Gasteiger partial charge in [0.25, 0.3) is 0 Å². The zero-order valence-electron chi connectivity index (χ0n) is 20.0. The van der Waals surface area contributed by atoms with E-state index in [1.165, 1.54) is 0 Å². The van der Waals surface area contributed by atoms with E-state index in [-0.39, 0.29) is 24.0 Å². The van der Waals surface area contributed by atoms with Crippen molar-refractivity contribution in [2.75, 3.05) is 11.5 Å². The third-order valence-electron chi connectivity index (χ3n) is 6.15. The van der Waals surface area contributed by atoms with Crippen LogP contribution in [0.25, 0.3) is 0 Å². The molecule has 0 aromatic carbocycles. The standard InChI is InChI=1S/C25H37ClN2O4S/c1-25(2,3)32-24(30)28-19-9-7-17(8-10-19)5-4-6-22(29)21-15-18(26)16-27-23(21)31-20-11-13-33-14-12-20/h15-17,19-20H,4-14H2,1-3H3,(H,28,30). The smallest absolute Gasteiger partial charge is 0.407 e. The molecule has 1 aromatic rings. The first-order chi connectivity index (χ1) is 15.7. The Kier molecular flexibility index (Phi) is 9.74. The van der Waals surface area contributed by atoms with Gasteiger partial charge in [-0.25, -0.2) is 9.78 Å². The molecule has 1 N–H and O–H groups in total. The second-order valence-corrected chi connectivity index (χ2v) is 11.8. The molecule has 1 amide bonds.